The number of rotatable bonds is 7. The average Bonchev–Trinajstić information content (AvgIpc) is 2.90. The number of ether oxygens (including phenoxy) is 1. The van der Waals surface area contributed by atoms with Gasteiger partial charge in [0, 0.05) is 12.5 Å². The van der Waals surface area contributed by atoms with E-state index in [4.69, 9.17) is 4.74 Å². The highest BCUT2D eigenvalue weighted by Gasteiger charge is 2.48. The molecule has 5 heteroatoms. The van der Waals surface area contributed by atoms with Crippen molar-refractivity contribution in [1.82, 2.24) is 0 Å². The second kappa shape index (κ2) is 8.47. The summed E-state index contributed by atoms with van der Waals surface area (Å²) in [5.41, 5.74) is 0.505. The van der Waals surface area contributed by atoms with E-state index >= 15 is 0 Å². The zero-order valence-electron chi connectivity index (χ0n) is 15.4. The number of hydrogen-bond acceptors (Lipinski definition) is 4. The Balaban J connectivity index is 1.66. The van der Waals surface area contributed by atoms with E-state index in [1.54, 1.807) is 24.3 Å². The molecule has 1 saturated heterocycles. The van der Waals surface area contributed by atoms with Gasteiger partial charge in [0.25, 0.3) is 0 Å². The topological polar surface area (TPSA) is 63.7 Å². The Bertz CT molecular complexity index is 660. The van der Waals surface area contributed by atoms with E-state index in [1.165, 1.54) is 4.90 Å². The molecule has 5 nitrogen and oxygen atoms in total. The van der Waals surface area contributed by atoms with Crippen LogP contribution in [0, 0.1) is 11.8 Å². The number of unbranched alkanes of at least 4 members (excludes halogenated alkanes) is 3. The number of amides is 2. The zero-order chi connectivity index (χ0) is 18.5. The van der Waals surface area contributed by atoms with Crippen LogP contribution in [0.15, 0.2) is 24.3 Å². The molecule has 0 spiro atoms. The largest absolute Gasteiger partial charge is 0.426 e. The van der Waals surface area contributed by atoms with E-state index in [2.05, 4.69) is 6.92 Å². The van der Waals surface area contributed by atoms with Gasteiger partial charge in [-0.2, -0.15) is 0 Å². The Morgan fingerprint density at radius 1 is 1.08 bits per heavy atom. The van der Waals surface area contributed by atoms with Crippen LogP contribution in [0.3, 0.4) is 0 Å². The number of anilines is 1. The van der Waals surface area contributed by atoms with Gasteiger partial charge in [-0.1, -0.05) is 45.1 Å². The molecular weight excluding hydrogens is 330 g/mol. The molecule has 0 aromatic heterocycles. The second-order valence-corrected chi connectivity index (χ2v) is 7.29. The molecule has 0 N–H and O–H groups in total. The van der Waals surface area contributed by atoms with Crippen molar-refractivity contribution in [2.75, 3.05) is 4.90 Å². The summed E-state index contributed by atoms with van der Waals surface area (Å²) in [4.78, 5) is 38.6. The number of hydrogen-bond donors (Lipinski definition) is 0. The molecule has 2 amide bonds. The van der Waals surface area contributed by atoms with E-state index in [1.807, 2.05) is 0 Å². The van der Waals surface area contributed by atoms with E-state index in [0.29, 0.717) is 17.9 Å². The SMILES string of the molecule is CCCCCCC(=O)Oc1cccc(N2C(=O)[C@@H]3CCCC[C@H]3C2=O)c1. The molecule has 1 aromatic rings. The first-order chi connectivity index (χ1) is 12.6. The molecule has 0 radical (unpaired) electrons. The molecule has 1 saturated carbocycles. The summed E-state index contributed by atoms with van der Waals surface area (Å²) in [5.74, 6) is -0.461. The lowest BCUT2D eigenvalue weighted by atomic mass is 9.81. The number of imide groups is 1. The first kappa shape index (κ1) is 18.6. The molecule has 2 atom stereocenters. The molecule has 3 rings (SSSR count). The summed E-state index contributed by atoms with van der Waals surface area (Å²) < 4.78 is 5.40. The normalized spacial score (nSPS) is 22.4. The minimum Gasteiger partial charge on any atom is -0.426 e. The number of benzene rings is 1. The van der Waals surface area contributed by atoms with Crippen molar-refractivity contribution < 1.29 is 19.1 Å². The molecule has 2 aliphatic rings. The number of carbonyl (C=O) groups is 3. The van der Waals surface area contributed by atoms with Crippen LogP contribution in [0.5, 0.6) is 5.75 Å². The van der Waals surface area contributed by atoms with Crippen molar-refractivity contribution in [2.45, 2.75) is 64.7 Å². The predicted octanol–water partition coefficient (Wildman–Crippen LogP) is 4.24. The fourth-order valence-corrected chi connectivity index (χ4v) is 3.98. The molecule has 0 unspecified atom stereocenters. The highest BCUT2D eigenvalue weighted by Crippen LogP contribution is 2.40. The van der Waals surface area contributed by atoms with Gasteiger partial charge in [-0.05, 0) is 31.4 Å². The maximum atomic E-state index is 12.7. The smallest absolute Gasteiger partial charge is 0.311 e. The molecule has 26 heavy (non-hydrogen) atoms. The molecule has 140 valence electrons. The maximum absolute atomic E-state index is 12.7. The van der Waals surface area contributed by atoms with E-state index < -0.39 is 0 Å². The van der Waals surface area contributed by atoms with Crippen molar-refractivity contribution in [3.63, 3.8) is 0 Å². The lowest BCUT2D eigenvalue weighted by molar-refractivity contribution is -0.134. The third-order valence-electron chi connectivity index (χ3n) is 5.38. The fraction of sp³-hybridized carbons (Fsp3) is 0.571. The van der Waals surface area contributed by atoms with Gasteiger partial charge in [0.2, 0.25) is 11.8 Å². The van der Waals surface area contributed by atoms with Gasteiger partial charge in [0.15, 0.2) is 0 Å². The van der Waals surface area contributed by atoms with Gasteiger partial charge < -0.3 is 4.74 Å². The number of carbonyl (C=O) groups excluding carboxylic acids is 3. The maximum Gasteiger partial charge on any atom is 0.311 e. The fourth-order valence-electron chi connectivity index (χ4n) is 3.98. The quantitative estimate of drug-likeness (QED) is 0.317. The van der Waals surface area contributed by atoms with E-state index in [0.717, 1.165) is 51.4 Å². The minimum absolute atomic E-state index is 0.109. The van der Waals surface area contributed by atoms with Gasteiger partial charge in [0.1, 0.15) is 5.75 Å². The lowest BCUT2D eigenvalue weighted by Gasteiger charge is -2.19. The summed E-state index contributed by atoms with van der Waals surface area (Å²) in [6.45, 7) is 2.13. The van der Waals surface area contributed by atoms with Crippen LogP contribution in [-0.4, -0.2) is 17.8 Å². The second-order valence-electron chi connectivity index (χ2n) is 7.29. The van der Waals surface area contributed by atoms with Crippen molar-refractivity contribution in [3.8, 4) is 5.75 Å². The first-order valence-electron chi connectivity index (χ1n) is 9.80. The zero-order valence-corrected chi connectivity index (χ0v) is 15.4. The highest BCUT2D eigenvalue weighted by atomic mass is 16.5. The van der Waals surface area contributed by atoms with Crippen LogP contribution in [0.1, 0.15) is 64.7 Å². The highest BCUT2D eigenvalue weighted by molar-refractivity contribution is 6.22. The third-order valence-corrected chi connectivity index (χ3v) is 5.38. The number of esters is 1. The Kier molecular flexibility index (Phi) is 6.07. The van der Waals surface area contributed by atoms with E-state index in [9.17, 15) is 14.4 Å². The van der Waals surface area contributed by atoms with Gasteiger partial charge in [-0.25, -0.2) is 4.90 Å². The Morgan fingerprint density at radius 2 is 1.77 bits per heavy atom. The van der Waals surface area contributed by atoms with Crippen LogP contribution in [0.4, 0.5) is 5.69 Å². The van der Waals surface area contributed by atoms with Crippen molar-refractivity contribution in [3.05, 3.63) is 24.3 Å². The van der Waals surface area contributed by atoms with Crippen LogP contribution < -0.4 is 9.64 Å². The van der Waals surface area contributed by atoms with Crippen LogP contribution in [0.2, 0.25) is 0 Å². The van der Waals surface area contributed by atoms with Gasteiger partial charge >= 0.3 is 5.97 Å². The molecule has 0 bridgehead atoms. The molecule has 1 aliphatic heterocycles. The molecule has 1 aromatic carbocycles. The molecule has 2 fully saturated rings. The van der Waals surface area contributed by atoms with Crippen molar-refractivity contribution >= 4 is 23.5 Å². The lowest BCUT2D eigenvalue weighted by Crippen LogP contribution is -2.30. The summed E-state index contributed by atoms with van der Waals surface area (Å²) in [7, 11) is 0. The summed E-state index contributed by atoms with van der Waals surface area (Å²) in [5, 5.41) is 0. The van der Waals surface area contributed by atoms with Crippen LogP contribution in [0.25, 0.3) is 0 Å². The van der Waals surface area contributed by atoms with Gasteiger partial charge in [0.05, 0.1) is 17.5 Å². The van der Waals surface area contributed by atoms with E-state index in [-0.39, 0.29) is 29.6 Å². The third kappa shape index (κ3) is 3.97. The van der Waals surface area contributed by atoms with Crippen LogP contribution in [-0.2, 0) is 14.4 Å². The predicted molar refractivity (Wildman–Crippen MR) is 98.8 cm³/mol. The summed E-state index contributed by atoms with van der Waals surface area (Å²) in [6, 6.07) is 6.76. The molecular formula is C21H27NO4. The van der Waals surface area contributed by atoms with Gasteiger partial charge in [-0.15, -0.1) is 0 Å². The number of fused-ring (bicyclic) bond motifs is 1. The molecule has 1 heterocycles. The summed E-state index contributed by atoms with van der Waals surface area (Å²) >= 11 is 0. The van der Waals surface area contributed by atoms with Crippen molar-refractivity contribution in [1.29, 1.82) is 0 Å². The standard InChI is InChI=1S/C21H27NO4/c1-2-3-4-5-13-19(23)26-16-10-8-9-15(14-16)22-20(24)17-11-6-7-12-18(17)21(22)25/h8-10,14,17-18H,2-7,11-13H2,1H3/t17-,18-/m1/s1. The minimum atomic E-state index is -0.272. The number of nitrogens with zero attached hydrogens (tertiary/aromatic N) is 1. The Labute approximate surface area is 154 Å². The summed E-state index contributed by atoms with van der Waals surface area (Å²) in [6.07, 6.45) is 8.05. The van der Waals surface area contributed by atoms with Crippen molar-refractivity contribution in [2.24, 2.45) is 11.8 Å². The Hall–Kier alpha value is -2.17. The average molecular weight is 357 g/mol. The molecule has 1 aliphatic carbocycles. The van der Waals surface area contributed by atoms with Gasteiger partial charge in [-0.3, -0.25) is 14.4 Å². The first-order valence-corrected chi connectivity index (χ1v) is 9.80. The van der Waals surface area contributed by atoms with Crippen LogP contribution >= 0.6 is 0 Å². The Morgan fingerprint density at radius 3 is 2.42 bits per heavy atom. The monoisotopic (exact) mass is 357 g/mol.